The first-order valence-corrected chi connectivity index (χ1v) is 14.8. The predicted molar refractivity (Wildman–Crippen MR) is 149 cm³/mol. The molecule has 2 N–H and O–H groups in total. The topological polar surface area (TPSA) is 40.5 Å². The van der Waals surface area contributed by atoms with Crippen molar-refractivity contribution < 1.29 is 10.2 Å². The third-order valence-electron chi connectivity index (χ3n) is 6.81. The normalized spacial score (nSPS) is 12.4. The minimum Gasteiger partial charge on any atom is -0.507 e. The van der Waals surface area contributed by atoms with Gasteiger partial charge in [-0.25, -0.2) is 0 Å². The van der Waals surface area contributed by atoms with E-state index in [9.17, 15) is 10.2 Å². The van der Waals surface area contributed by atoms with Gasteiger partial charge in [0.15, 0.2) is 0 Å². The average Bonchev–Trinajstić information content (AvgIpc) is 2.72. The van der Waals surface area contributed by atoms with Crippen LogP contribution < -0.4 is 0 Å². The van der Waals surface area contributed by atoms with E-state index in [0.29, 0.717) is 11.5 Å². The average molecular weight is 480 g/mol. The summed E-state index contributed by atoms with van der Waals surface area (Å²) < 4.78 is 0.0534. The number of benzene rings is 2. The van der Waals surface area contributed by atoms with Gasteiger partial charge in [0.1, 0.15) is 11.5 Å². The van der Waals surface area contributed by atoms with Gasteiger partial charge in [0, 0.05) is 0 Å². The molecule has 2 nitrogen and oxygen atoms in total. The Morgan fingerprint density at radius 3 is 1.50 bits per heavy atom. The van der Waals surface area contributed by atoms with Crippen molar-refractivity contribution in [1.82, 2.24) is 0 Å². The zero-order valence-electron chi connectivity index (χ0n) is 23.3. The van der Waals surface area contributed by atoms with Gasteiger partial charge in [-0.2, -0.15) is 0 Å². The van der Waals surface area contributed by atoms with Gasteiger partial charge >= 0.3 is 0 Å². The van der Waals surface area contributed by atoms with E-state index in [1.807, 2.05) is 0 Å². The maximum absolute atomic E-state index is 11.5. The van der Waals surface area contributed by atoms with Crippen LogP contribution in [0.2, 0.25) is 5.28 Å². The Labute approximate surface area is 215 Å². The second kappa shape index (κ2) is 12.0. The molecule has 0 aliphatic heterocycles. The van der Waals surface area contributed by atoms with E-state index in [1.54, 1.807) is 0 Å². The number of hydrogen-bond acceptors (Lipinski definition) is 2. The molecule has 2 rings (SSSR count). The van der Waals surface area contributed by atoms with Crippen LogP contribution in [0.1, 0.15) is 125 Å². The maximum atomic E-state index is 11.5. The highest BCUT2D eigenvalue weighted by Gasteiger charge is 2.29. The van der Waals surface area contributed by atoms with Crippen molar-refractivity contribution in [1.29, 1.82) is 0 Å². The van der Waals surface area contributed by atoms with Crippen molar-refractivity contribution >= 4 is 15.2 Å². The van der Waals surface area contributed by atoms with Crippen LogP contribution in [-0.4, -0.2) is 25.4 Å². The third-order valence-corrected chi connectivity index (χ3v) is 8.74. The lowest BCUT2D eigenvalue weighted by atomic mass is 9.81. The molecule has 0 saturated carbocycles. The van der Waals surface area contributed by atoms with Crippen LogP contribution in [-0.2, 0) is 10.8 Å². The SMILES string of the molecule is CCCCCCC[CH2][Al][CH](c1cc(C)cc(C(C)(C)C)c1O)c1cc(C)cc(C(C)(C)C)c1O. The van der Waals surface area contributed by atoms with Crippen LogP contribution in [0.25, 0.3) is 0 Å². The van der Waals surface area contributed by atoms with Gasteiger partial charge in [-0.1, -0.05) is 122 Å². The first-order valence-electron chi connectivity index (χ1n) is 13.3. The van der Waals surface area contributed by atoms with E-state index in [-0.39, 0.29) is 30.8 Å². The molecule has 2 aromatic carbocycles. The lowest BCUT2D eigenvalue weighted by Crippen LogP contribution is -2.18. The molecule has 0 aliphatic carbocycles. The summed E-state index contributed by atoms with van der Waals surface area (Å²) >= 11 is -0.00480. The summed E-state index contributed by atoms with van der Waals surface area (Å²) in [5, 5.41) is 24.2. The van der Waals surface area contributed by atoms with E-state index in [4.69, 9.17) is 0 Å². The summed E-state index contributed by atoms with van der Waals surface area (Å²) in [4.78, 5) is 0. The highest BCUT2D eigenvalue weighted by Crippen LogP contribution is 2.44. The first-order chi connectivity index (χ1) is 15.8. The summed E-state index contributed by atoms with van der Waals surface area (Å²) in [7, 11) is 0. The standard InChI is InChI=1S/C23H31O2.C8H17.Al/c1-14-9-16(20(24)18(11-14)22(3,4)5)13-17-10-15(2)12-19(21(17)25)23(6,7)8;1-3-5-7-8-6-4-2;/h9-13,24-25H,1-8H3;1,3-8H2,2H3;. The number of rotatable bonds is 10. The van der Waals surface area contributed by atoms with Crippen LogP contribution >= 0.6 is 0 Å². The zero-order valence-corrected chi connectivity index (χ0v) is 24.5. The molecule has 0 heterocycles. The van der Waals surface area contributed by atoms with Crippen molar-refractivity contribution in [3.05, 3.63) is 57.6 Å². The molecule has 0 aromatic heterocycles. The minimum absolute atomic E-state index is 0.00480. The van der Waals surface area contributed by atoms with Crippen molar-refractivity contribution in [2.75, 3.05) is 0 Å². The fourth-order valence-corrected chi connectivity index (χ4v) is 6.74. The monoisotopic (exact) mass is 479 g/mol. The molecule has 187 valence electrons. The largest absolute Gasteiger partial charge is 0.507 e. The van der Waals surface area contributed by atoms with Crippen molar-refractivity contribution in [3.8, 4) is 11.5 Å². The minimum atomic E-state index is -0.144. The van der Waals surface area contributed by atoms with Crippen LogP contribution in [0.5, 0.6) is 11.5 Å². The zero-order chi connectivity index (χ0) is 25.7. The molecule has 0 amide bonds. The van der Waals surface area contributed by atoms with Crippen LogP contribution in [0.15, 0.2) is 24.3 Å². The predicted octanol–water partition coefficient (Wildman–Crippen LogP) is 8.88. The molecule has 0 saturated heterocycles. The van der Waals surface area contributed by atoms with E-state index < -0.39 is 0 Å². The fraction of sp³-hybridized carbons (Fsp3) is 0.613. The Morgan fingerprint density at radius 2 is 1.09 bits per heavy atom. The van der Waals surface area contributed by atoms with Crippen LogP contribution in [0.3, 0.4) is 0 Å². The van der Waals surface area contributed by atoms with E-state index in [0.717, 1.165) is 22.3 Å². The second-order valence-corrected chi connectivity index (χ2v) is 14.0. The third kappa shape index (κ3) is 7.53. The second-order valence-electron chi connectivity index (χ2n) is 12.3. The van der Waals surface area contributed by atoms with Crippen molar-refractivity contribution in [2.45, 2.75) is 122 Å². The highest BCUT2D eigenvalue weighted by atomic mass is 27.1. The van der Waals surface area contributed by atoms with E-state index in [2.05, 4.69) is 86.6 Å². The molecule has 0 spiro atoms. The quantitative estimate of drug-likeness (QED) is 0.264. The molecule has 3 heteroatoms. The Kier molecular flexibility index (Phi) is 10.2. The van der Waals surface area contributed by atoms with Crippen LogP contribution in [0, 0.1) is 13.8 Å². The lowest BCUT2D eigenvalue weighted by Gasteiger charge is -2.29. The van der Waals surface area contributed by atoms with Gasteiger partial charge in [0.2, 0.25) is 15.2 Å². The smallest absolute Gasteiger partial charge is 0.220 e. The Morgan fingerprint density at radius 1 is 0.676 bits per heavy atom. The molecule has 0 bridgehead atoms. The van der Waals surface area contributed by atoms with Gasteiger partial charge in [-0.3, -0.25) is 0 Å². The number of aromatic hydroxyl groups is 2. The summed E-state index contributed by atoms with van der Waals surface area (Å²) in [5.41, 5.74) is 6.03. The molecule has 0 fully saturated rings. The van der Waals surface area contributed by atoms with Gasteiger partial charge in [-0.15, -0.1) is 5.28 Å². The van der Waals surface area contributed by atoms with E-state index >= 15 is 0 Å². The fourth-order valence-electron chi connectivity index (χ4n) is 4.86. The van der Waals surface area contributed by atoms with Gasteiger partial charge < -0.3 is 10.2 Å². The molecule has 0 atom stereocenters. The molecule has 0 aliphatic rings. The molecular weight excluding hydrogens is 431 g/mol. The Hall–Kier alpha value is -1.43. The first kappa shape index (κ1) is 28.8. The summed E-state index contributed by atoms with van der Waals surface area (Å²) in [5.74, 6) is 0.827. The lowest BCUT2D eigenvalue weighted by molar-refractivity contribution is 0.434. The molecule has 34 heavy (non-hydrogen) atoms. The maximum Gasteiger partial charge on any atom is 0.220 e. The number of unbranched alkanes of at least 4 members (excludes halogenated alkanes) is 5. The highest BCUT2D eigenvalue weighted by molar-refractivity contribution is 6.39. The molecule has 0 unspecified atom stereocenters. The van der Waals surface area contributed by atoms with Crippen molar-refractivity contribution in [2.24, 2.45) is 0 Å². The number of aryl methyl sites for hydroxylation is 2. The molecular formula is C31H48AlO2. The number of phenols is 2. The van der Waals surface area contributed by atoms with Gasteiger partial charge in [0.25, 0.3) is 0 Å². The van der Waals surface area contributed by atoms with Gasteiger partial charge in [0.05, 0.1) is 0 Å². The number of phenolic OH excluding ortho intramolecular Hbond substituents is 2. The summed E-state index contributed by atoms with van der Waals surface area (Å²) in [6, 6.07) is 8.55. The Bertz CT molecular complexity index is 878. The van der Waals surface area contributed by atoms with E-state index in [1.165, 1.54) is 54.9 Å². The number of hydrogen-bond donors (Lipinski definition) is 2. The van der Waals surface area contributed by atoms with Crippen molar-refractivity contribution in [3.63, 3.8) is 0 Å². The van der Waals surface area contributed by atoms with Crippen LogP contribution in [0.4, 0.5) is 0 Å². The summed E-state index contributed by atoms with van der Waals surface area (Å²) in [6.45, 7) is 19.4. The molecule has 1 radical (unpaired) electrons. The Balaban J connectivity index is 2.54. The molecule has 2 aromatic rings. The van der Waals surface area contributed by atoms with Gasteiger partial charge in [-0.05, 0) is 51.7 Å². The summed E-state index contributed by atoms with van der Waals surface area (Å²) in [6.07, 6.45) is 7.75.